The van der Waals surface area contributed by atoms with Crippen molar-refractivity contribution < 1.29 is 0 Å². The summed E-state index contributed by atoms with van der Waals surface area (Å²) in [6.07, 6.45) is 4.25. The fourth-order valence-electron chi connectivity index (χ4n) is 2.42. The van der Waals surface area contributed by atoms with Crippen molar-refractivity contribution in [3.8, 4) is 0 Å². The van der Waals surface area contributed by atoms with E-state index in [0.717, 1.165) is 12.1 Å². The van der Waals surface area contributed by atoms with Crippen LogP contribution in [-0.2, 0) is 0 Å². The summed E-state index contributed by atoms with van der Waals surface area (Å²) in [5, 5.41) is 3.77. The van der Waals surface area contributed by atoms with Crippen molar-refractivity contribution in [1.29, 1.82) is 0 Å². The van der Waals surface area contributed by atoms with E-state index in [2.05, 4.69) is 33.0 Å². The van der Waals surface area contributed by atoms with Crippen molar-refractivity contribution in [2.24, 2.45) is 10.8 Å². The van der Waals surface area contributed by atoms with Gasteiger partial charge >= 0.3 is 0 Å². The van der Waals surface area contributed by atoms with E-state index in [9.17, 15) is 0 Å². The third-order valence-corrected chi connectivity index (χ3v) is 4.53. The lowest BCUT2D eigenvalue weighted by Crippen LogP contribution is -2.39. The second kappa shape index (κ2) is 2.25. The van der Waals surface area contributed by atoms with Crippen LogP contribution in [0.4, 0.5) is 0 Å². The van der Waals surface area contributed by atoms with E-state index < -0.39 is 0 Å². The summed E-state index contributed by atoms with van der Waals surface area (Å²) in [5.74, 6) is 0. The second-order valence-electron chi connectivity index (χ2n) is 5.67. The highest BCUT2D eigenvalue weighted by atomic mass is 15.1. The van der Waals surface area contributed by atoms with Gasteiger partial charge in [0.05, 0.1) is 0 Å². The molecule has 0 aromatic rings. The van der Waals surface area contributed by atoms with Gasteiger partial charge in [-0.1, -0.05) is 34.1 Å². The first-order valence-electron chi connectivity index (χ1n) is 5.22. The van der Waals surface area contributed by atoms with Crippen molar-refractivity contribution >= 4 is 0 Å². The van der Waals surface area contributed by atoms with E-state index in [-0.39, 0.29) is 0 Å². The summed E-state index contributed by atoms with van der Waals surface area (Å²) in [4.78, 5) is 0. The third kappa shape index (κ3) is 0.953. The van der Waals surface area contributed by atoms with Crippen LogP contribution < -0.4 is 5.32 Å². The minimum absolute atomic E-state index is 0.516. The van der Waals surface area contributed by atoms with Gasteiger partial charge in [-0.25, -0.2) is 0 Å². The molecule has 2 fully saturated rings. The number of hydrogen-bond donors (Lipinski definition) is 1. The fraction of sp³-hybridized carbons (Fsp3) is 1.00. The molecule has 1 N–H and O–H groups in total. The summed E-state index contributed by atoms with van der Waals surface area (Å²) in [5.41, 5.74) is 1.03. The standard InChI is InChI=1S/C11H21N/c1-10(2)9(11(10,3)4)12-8-6-5-7-8/h8-9,12H,5-7H2,1-4H3. The van der Waals surface area contributed by atoms with Crippen LogP contribution in [0.25, 0.3) is 0 Å². The zero-order valence-electron chi connectivity index (χ0n) is 8.78. The Hall–Kier alpha value is -0.0400. The highest BCUT2D eigenvalue weighted by Gasteiger charge is 2.64. The Balaban J connectivity index is 1.91. The first-order chi connectivity index (χ1) is 5.46. The Morgan fingerprint density at radius 2 is 1.50 bits per heavy atom. The van der Waals surface area contributed by atoms with Crippen LogP contribution in [-0.4, -0.2) is 12.1 Å². The van der Waals surface area contributed by atoms with Gasteiger partial charge in [0.2, 0.25) is 0 Å². The van der Waals surface area contributed by atoms with E-state index in [1.54, 1.807) is 0 Å². The molecule has 0 unspecified atom stereocenters. The van der Waals surface area contributed by atoms with Crippen molar-refractivity contribution in [3.05, 3.63) is 0 Å². The Bertz CT molecular complexity index is 175. The quantitative estimate of drug-likeness (QED) is 0.666. The van der Waals surface area contributed by atoms with E-state index >= 15 is 0 Å². The van der Waals surface area contributed by atoms with Crippen LogP contribution in [0, 0.1) is 10.8 Å². The molecule has 0 spiro atoms. The van der Waals surface area contributed by atoms with Gasteiger partial charge in [0.25, 0.3) is 0 Å². The molecule has 1 heteroatoms. The van der Waals surface area contributed by atoms with Gasteiger partial charge in [0.1, 0.15) is 0 Å². The van der Waals surface area contributed by atoms with Crippen molar-refractivity contribution in [1.82, 2.24) is 5.32 Å². The SMILES string of the molecule is CC1(C)C(NC2CCC2)C1(C)C. The normalized spacial score (nSPS) is 33.0. The van der Waals surface area contributed by atoms with Gasteiger partial charge in [-0.2, -0.15) is 0 Å². The molecule has 0 aliphatic heterocycles. The highest BCUT2D eigenvalue weighted by molar-refractivity contribution is 5.18. The number of nitrogens with one attached hydrogen (secondary N) is 1. The number of hydrogen-bond acceptors (Lipinski definition) is 1. The van der Waals surface area contributed by atoms with Gasteiger partial charge in [-0.05, 0) is 23.7 Å². The predicted molar refractivity (Wildman–Crippen MR) is 52.1 cm³/mol. The molecule has 0 saturated heterocycles. The lowest BCUT2D eigenvalue weighted by Gasteiger charge is -2.27. The molecule has 1 nitrogen and oxygen atoms in total. The summed E-state index contributed by atoms with van der Waals surface area (Å²) < 4.78 is 0. The smallest absolute Gasteiger partial charge is 0.0183 e. The van der Waals surface area contributed by atoms with E-state index in [1.807, 2.05) is 0 Å². The van der Waals surface area contributed by atoms with Crippen LogP contribution in [0.2, 0.25) is 0 Å². The zero-order valence-corrected chi connectivity index (χ0v) is 8.78. The summed E-state index contributed by atoms with van der Waals surface area (Å²) in [7, 11) is 0. The van der Waals surface area contributed by atoms with Crippen LogP contribution >= 0.6 is 0 Å². The Morgan fingerprint density at radius 3 is 1.75 bits per heavy atom. The topological polar surface area (TPSA) is 12.0 Å². The largest absolute Gasteiger partial charge is 0.310 e. The average Bonchev–Trinajstić information content (AvgIpc) is 2.18. The van der Waals surface area contributed by atoms with E-state index in [0.29, 0.717) is 10.8 Å². The molecule has 0 aromatic heterocycles. The van der Waals surface area contributed by atoms with Gasteiger partial charge in [0.15, 0.2) is 0 Å². The van der Waals surface area contributed by atoms with Crippen LogP contribution in [0.1, 0.15) is 47.0 Å². The summed E-state index contributed by atoms with van der Waals surface area (Å²) in [6, 6.07) is 1.60. The third-order valence-electron chi connectivity index (χ3n) is 4.53. The van der Waals surface area contributed by atoms with Crippen LogP contribution in [0.3, 0.4) is 0 Å². The molecule has 70 valence electrons. The highest BCUT2D eigenvalue weighted by Crippen LogP contribution is 2.63. The second-order valence-corrected chi connectivity index (χ2v) is 5.67. The molecule has 0 bridgehead atoms. The fourth-order valence-corrected chi connectivity index (χ4v) is 2.42. The lowest BCUT2D eigenvalue weighted by molar-refractivity contribution is 0.319. The zero-order chi connectivity index (χ0) is 8.98. The molecule has 2 aliphatic rings. The molecule has 2 aliphatic carbocycles. The first kappa shape index (κ1) is 8.55. The maximum Gasteiger partial charge on any atom is 0.0183 e. The molecule has 2 saturated carbocycles. The Kier molecular flexibility index (Phi) is 1.61. The van der Waals surface area contributed by atoms with Crippen molar-refractivity contribution in [2.45, 2.75) is 59.0 Å². The molecule has 2 rings (SSSR count). The van der Waals surface area contributed by atoms with E-state index in [1.165, 1.54) is 19.3 Å². The molecular formula is C11H21N. The van der Waals surface area contributed by atoms with E-state index in [4.69, 9.17) is 0 Å². The minimum atomic E-state index is 0.516. The maximum absolute atomic E-state index is 3.77. The average molecular weight is 167 g/mol. The van der Waals surface area contributed by atoms with Crippen LogP contribution in [0.15, 0.2) is 0 Å². The molecule has 0 amide bonds. The lowest BCUT2D eigenvalue weighted by atomic mass is 9.93. The summed E-state index contributed by atoms with van der Waals surface area (Å²) in [6.45, 7) is 9.51. The Morgan fingerprint density at radius 1 is 1.00 bits per heavy atom. The van der Waals surface area contributed by atoms with Gasteiger partial charge in [0, 0.05) is 12.1 Å². The Labute approximate surface area is 75.9 Å². The minimum Gasteiger partial charge on any atom is -0.310 e. The van der Waals surface area contributed by atoms with Gasteiger partial charge in [-0.15, -0.1) is 0 Å². The van der Waals surface area contributed by atoms with Gasteiger partial charge in [-0.3, -0.25) is 0 Å². The first-order valence-corrected chi connectivity index (χ1v) is 5.22. The van der Waals surface area contributed by atoms with Crippen molar-refractivity contribution in [2.75, 3.05) is 0 Å². The van der Waals surface area contributed by atoms with Crippen LogP contribution in [0.5, 0.6) is 0 Å². The summed E-state index contributed by atoms with van der Waals surface area (Å²) >= 11 is 0. The molecular weight excluding hydrogens is 146 g/mol. The molecule has 12 heavy (non-hydrogen) atoms. The predicted octanol–water partition coefficient (Wildman–Crippen LogP) is 2.56. The maximum atomic E-state index is 3.77. The number of rotatable bonds is 2. The molecule has 0 radical (unpaired) electrons. The van der Waals surface area contributed by atoms with Gasteiger partial charge < -0.3 is 5.32 Å². The molecule has 0 atom stereocenters. The monoisotopic (exact) mass is 167 g/mol. The van der Waals surface area contributed by atoms with Crippen molar-refractivity contribution in [3.63, 3.8) is 0 Å². The molecule has 0 aromatic carbocycles. The molecule has 0 heterocycles.